The molecule has 0 saturated heterocycles. The summed E-state index contributed by atoms with van der Waals surface area (Å²) in [6.07, 6.45) is 1.11. The van der Waals surface area contributed by atoms with E-state index in [-0.39, 0.29) is 0 Å². The highest BCUT2D eigenvalue weighted by Gasteiger charge is 2.35. The van der Waals surface area contributed by atoms with Gasteiger partial charge in [-0.05, 0) is 35.0 Å². The Hall–Kier alpha value is -2.28. The standard InChI is InChI=1S/C20H17N3OS2/c1-2-5-14(6-3-1)20-22-21-18(24-20)13-23-10-8-16-15(9-12-26-16)19(23)17-7-4-11-25-17/h1-7,9,11-12,19H,8,10,13H2/p+1/t19-/m1/s1. The minimum absolute atomic E-state index is 0.358. The first-order valence-corrected chi connectivity index (χ1v) is 10.5. The highest BCUT2D eigenvalue weighted by atomic mass is 32.1. The number of aromatic nitrogens is 2. The molecule has 2 atom stereocenters. The molecule has 4 nitrogen and oxygen atoms in total. The molecule has 0 aliphatic carbocycles. The van der Waals surface area contributed by atoms with E-state index in [4.69, 9.17) is 4.42 Å². The van der Waals surface area contributed by atoms with Crippen LogP contribution < -0.4 is 4.90 Å². The summed E-state index contributed by atoms with van der Waals surface area (Å²) in [6, 6.07) is 17.0. The van der Waals surface area contributed by atoms with E-state index in [0.717, 1.165) is 25.1 Å². The summed E-state index contributed by atoms with van der Waals surface area (Å²) in [5.41, 5.74) is 2.43. The molecule has 1 N–H and O–H groups in total. The molecular formula is C20H18N3OS2+. The van der Waals surface area contributed by atoms with Crippen LogP contribution in [0.2, 0.25) is 0 Å². The number of benzene rings is 1. The lowest BCUT2D eigenvalue weighted by atomic mass is 9.98. The second kappa shape index (κ2) is 6.79. The lowest BCUT2D eigenvalue weighted by Gasteiger charge is -2.31. The number of quaternary nitrogens is 1. The molecule has 26 heavy (non-hydrogen) atoms. The summed E-state index contributed by atoms with van der Waals surface area (Å²) < 4.78 is 5.97. The molecule has 0 saturated carbocycles. The summed E-state index contributed by atoms with van der Waals surface area (Å²) in [5, 5.41) is 12.9. The molecule has 1 unspecified atom stereocenters. The molecule has 4 heterocycles. The SMILES string of the molecule is c1ccc(-c2nnc(C[NH+]3CCc4sccc4[C@@H]3c3cccs3)o2)cc1. The van der Waals surface area contributed by atoms with Gasteiger partial charge in [0.15, 0.2) is 6.54 Å². The summed E-state index contributed by atoms with van der Waals surface area (Å²) >= 11 is 3.71. The second-order valence-electron chi connectivity index (χ2n) is 6.45. The molecule has 3 aromatic heterocycles. The van der Waals surface area contributed by atoms with Crippen LogP contribution in [0.5, 0.6) is 0 Å². The molecule has 1 aromatic carbocycles. The van der Waals surface area contributed by atoms with Crippen LogP contribution in [0.25, 0.3) is 11.5 Å². The van der Waals surface area contributed by atoms with Gasteiger partial charge in [-0.15, -0.1) is 32.9 Å². The predicted octanol–water partition coefficient (Wildman–Crippen LogP) is 3.59. The lowest BCUT2D eigenvalue weighted by molar-refractivity contribution is -0.942. The maximum Gasteiger partial charge on any atom is 0.271 e. The zero-order chi connectivity index (χ0) is 17.3. The molecule has 4 aromatic rings. The topological polar surface area (TPSA) is 43.4 Å². The van der Waals surface area contributed by atoms with Gasteiger partial charge in [0, 0.05) is 22.4 Å². The fourth-order valence-corrected chi connectivity index (χ4v) is 5.49. The van der Waals surface area contributed by atoms with Crippen molar-refractivity contribution in [1.29, 1.82) is 0 Å². The summed E-state index contributed by atoms with van der Waals surface area (Å²) in [4.78, 5) is 4.39. The van der Waals surface area contributed by atoms with Gasteiger partial charge in [-0.2, -0.15) is 0 Å². The predicted molar refractivity (Wildman–Crippen MR) is 103 cm³/mol. The van der Waals surface area contributed by atoms with Gasteiger partial charge in [-0.1, -0.05) is 24.3 Å². The Bertz CT molecular complexity index is 991. The highest BCUT2D eigenvalue weighted by Crippen LogP contribution is 2.32. The number of fused-ring (bicyclic) bond motifs is 1. The molecule has 0 radical (unpaired) electrons. The van der Waals surface area contributed by atoms with E-state index >= 15 is 0 Å². The Morgan fingerprint density at radius 3 is 2.77 bits per heavy atom. The maximum absolute atomic E-state index is 5.97. The first-order chi connectivity index (χ1) is 12.9. The molecule has 0 spiro atoms. The molecular weight excluding hydrogens is 362 g/mol. The Kier molecular flexibility index (Phi) is 4.16. The molecule has 0 amide bonds. The van der Waals surface area contributed by atoms with Crippen LogP contribution in [0, 0.1) is 0 Å². The minimum Gasteiger partial charge on any atom is -0.415 e. The maximum atomic E-state index is 5.97. The van der Waals surface area contributed by atoms with Gasteiger partial charge >= 0.3 is 0 Å². The fourth-order valence-electron chi connectivity index (χ4n) is 3.67. The van der Waals surface area contributed by atoms with Gasteiger partial charge in [0.25, 0.3) is 5.89 Å². The summed E-state index contributed by atoms with van der Waals surface area (Å²) in [5.74, 6) is 1.31. The van der Waals surface area contributed by atoms with Crippen LogP contribution >= 0.6 is 22.7 Å². The molecule has 0 bridgehead atoms. The second-order valence-corrected chi connectivity index (χ2v) is 8.43. The Labute approximate surface area is 159 Å². The van der Waals surface area contributed by atoms with Crippen LogP contribution in [-0.4, -0.2) is 16.7 Å². The average Bonchev–Trinajstić information content (AvgIpc) is 3.44. The average molecular weight is 381 g/mol. The number of hydrogen-bond acceptors (Lipinski definition) is 5. The van der Waals surface area contributed by atoms with Crippen molar-refractivity contribution < 1.29 is 9.32 Å². The van der Waals surface area contributed by atoms with Gasteiger partial charge in [0.1, 0.15) is 6.04 Å². The largest absolute Gasteiger partial charge is 0.415 e. The number of thiophene rings is 2. The van der Waals surface area contributed by atoms with Crippen molar-refractivity contribution in [1.82, 2.24) is 10.2 Å². The zero-order valence-electron chi connectivity index (χ0n) is 14.1. The number of nitrogens with one attached hydrogen (secondary N) is 1. The first kappa shape index (κ1) is 15.9. The quantitative estimate of drug-likeness (QED) is 0.588. The van der Waals surface area contributed by atoms with E-state index in [1.807, 2.05) is 53.0 Å². The van der Waals surface area contributed by atoms with Crippen LogP contribution in [0.1, 0.15) is 27.3 Å². The van der Waals surface area contributed by atoms with E-state index in [9.17, 15) is 0 Å². The van der Waals surface area contributed by atoms with E-state index in [1.54, 1.807) is 0 Å². The molecule has 5 rings (SSSR count). The van der Waals surface area contributed by atoms with Crippen molar-refractivity contribution in [2.24, 2.45) is 0 Å². The van der Waals surface area contributed by atoms with E-state index in [1.165, 1.54) is 20.2 Å². The molecule has 0 fully saturated rings. The smallest absolute Gasteiger partial charge is 0.271 e. The van der Waals surface area contributed by atoms with E-state index in [0.29, 0.717) is 17.8 Å². The first-order valence-electron chi connectivity index (χ1n) is 8.70. The molecule has 1 aliphatic rings. The van der Waals surface area contributed by atoms with Crippen molar-refractivity contribution in [2.45, 2.75) is 19.0 Å². The Morgan fingerprint density at radius 2 is 1.92 bits per heavy atom. The van der Waals surface area contributed by atoms with Crippen molar-refractivity contribution >= 4 is 22.7 Å². The third kappa shape index (κ3) is 2.90. The van der Waals surface area contributed by atoms with Crippen LogP contribution in [0.3, 0.4) is 0 Å². The minimum atomic E-state index is 0.358. The van der Waals surface area contributed by atoms with Gasteiger partial charge in [0.05, 0.1) is 11.4 Å². The Balaban J connectivity index is 1.44. The van der Waals surface area contributed by atoms with E-state index < -0.39 is 0 Å². The lowest BCUT2D eigenvalue weighted by Crippen LogP contribution is -3.12. The van der Waals surface area contributed by atoms with Crippen molar-refractivity contribution in [2.75, 3.05) is 6.54 Å². The van der Waals surface area contributed by atoms with Crippen molar-refractivity contribution in [3.05, 3.63) is 80.5 Å². The van der Waals surface area contributed by atoms with Crippen molar-refractivity contribution in [3.63, 3.8) is 0 Å². The number of rotatable bonds is 4. The molecule has 130 valence electrons. The van der Waals surface area contributed by atoms with E-state index in [2.05, 4.69) is 39.2 Å². The molecule has 1 aliphatic heterocycles. The Morgan fingerprint density at radius 1 is 1.00 bits per heavy atom. The van der Waals surface area contributed by atoms with Crippen LogP contribution in [-0.2, 0) is 13.0 Å². The summed E-state index contributed by atoms with van der Waals surface area (Å²) in [7, 11) is 0. The van der Waals surface area contributed by atoms with Crippen LogP contribution in [0.15, 0.2) is 63.7 Å². The zero-order valence-corrected chi connectivity index (χ0v) is 15.7. The third-order valence-corrected chi connectivity index (χ3v) is 6.80. The number of hydrogen-bond donors (Lipinski definition) is 1. The van der Waals surface area contributed by atoms with Gasteiger partial charge in [-0.25, -0.2) is 0 Å². The van der Waals surface area contributed by atoms with Gasteiger partial charge in [0.2, 0.25) is 5.89 Å². The summed E-state index contributed by atoms with van der Waals surface area (Å²) in [6.45, 7) is 1.83. The monoisotopic (exact) mass is 380 g/mol. The highest BCUT2D eigenvalue weighted by molar-refractivity contribution is 7.10. The third-order valence-electron chi connectivity index (χ3n) is 4.87. The number of nitrogens with zero attached hydrogens (tertiary/aromatic N) is 2. The van der Waals surface area contributed by atoms with Crippen LogP contribution in [0.4, 0.5) is 0 Å². The fraction of sp³-hybridized carbons (Fsp3) is 0.200. The molecule has 6 heteroatoms. The van der Waals surface area contributed by atoms with Gasteiger partial charge in [-0.3, -0.25) is 0 Å². The van der Waals surface area contributed by atoms with Gasteiger partial charge < -0.3 is 9.32 Å². The van der Waals surface area contributed by atoms with Crippen molar-refractivity contribution in [3.8, 4) is 11.5 Å². The normalized spacial score (nSPS) is 19.4.